The van der Waals surface area contributed by atoms with E-state index in [0.29, 0.717) is 0 Å². The van der Waals surface area contributed by atoms with Gasteiger partial charge in [0.1, 0.15) is 6.61 Å². The van der Waals surface area contributed by atoms with Crippen LogP contribution in [0.2, 0.25) is 0 Å². The Morgan fingerprint density at radius 2 is 1.85 bits per heavy atom. The van der Waals surface area contributed by atoms with Crippen LogP contribution in [0.4, 0.5) is 0 Å². The van der Waals surface area contributed by atoms with Gasteiger partial charge in [-0.05, 0) is 19.4 Å². The molecule has 0 saturated heterocycles. The number of nitrogens with zero attached hydrogens (tertiary/aromatic N) is 1. The predicted octanol–water partition coefficient (Wildman–Crippen LogP) is 1.88. The molecule has 1 aromatic carbocycles. The minimum absolute atomic E-state index is 0.0489. The fraction of sp³-hybridized carbons (Fsp3) is 0.467. The third-order valence-electron chi connectivity index (χ3n) is 2.81. The number of carbonyl (C=O) groups excluding carboxylic acids is 2. The van der Waals surface area contributed by atoms with E-state index in [1.54, 1.807) is 7.05 Å². The van der Waals surface area contributed by atoms with Crippen molar-refractivity contribution in [3.05, 3.63) is 35.9 Å². The molecule has 1 aromatic rings. The third kappa shape index (κ3) is 5.40. The van der Waals surface area contributed by atoms with Crippen LogP contribution < -0.4 is 5.43 Å². The molecule has 0 aliphatic heterocycles. The monoisotopic (exact) mass is 278 g/mol. The van der Waals surface area contributed by atoms with Gasteiger partial charge in [-0.1, -0.05) is 30.3 Å². The van der Waals surface area contributed by atoms with Crippen molar-refractivity contribution in [3.8, 4) is 0 Å². The highest BCUT2D eigenvalue weighted by Crippen LogP contribution is 2.05. The number of hydrogen-bond donors (Lipinski definition) is 1. The molecule has 0 radical (unpaired) electrons. The number of hydrogen-bond acceptors (Lipinski definition) is 4. The maximum atomic E-state index is 11.9. The average Bonchev–Trinajstić information content (AvgIpc) is 2.44. The summed E-state index contributed by atoms with van der Waals surface area (Å²) in [4.78, 5) is 23.4. The zero-order valence-corrected chi connectivity index (χ0v) is 12.3. The average molecular weight is 278 g/mol. The van der Waals surface area contributed by atoms with Crippen LogP contribution >= 0.6 is 0 Å². The molecule has 5 nitrogen and oxygen atoms in total. The van der Waals surface area contributed by atoms with Gasteiger partial charge < -0.3 is 4.74 Å². The lowest BCUT2D eigenvalue weighted by Gasteiger charge is -2.25. The number of rotatable bonds is 7. The largest absolute Gasteiger partial charge is 0.461 e. The van der Waals surface area contributed by atoms with Gasteiger partial charge in [0, 0.05) is 19.5 Å². The molecule has 0 saturated carbocycles. The van der Waals surface area contributed by atoms with Gasteiger partial charge >= 0.3 is 5.97 Å². The Hall–Kier alpha value is -1.88. The van der Waals surface area contributed by atoms with E-state index >= 15 is 0 Å². The van der Waals surface area contributed by atoms with Crippen molar-refractivity contribution < 1.29 is 14.3 Å². The fourth-order valence-corrected chi connectivity index (χ4v) is 1.81. The zero-order valence-electron chi connectivity index (χ0n) is 12.3. The molecule has 0 aliphatic rings. The Bertz CT molecular complexity index is 432. The van der Waals surface area contributed by atoms with Crippen molar-refractivity contribution in [2.45, 2.75) is 39.3 Å². The summed E-state index contributed by atoms with van der Waals surface area (Å²) in [5, 5.41) is 1.50. The maximum absolute atomic E-state index is 11.9. The van der Waals surface area contributed by atoms with Crippen molar-refractivity contribution >= 4 is 11.9 Å². The van der Waals surface area contributed by atoms with Crippen LogP contribution in [-0.4, -0.2) is 30.0 Å². The Kier molecular flexibility index (Phi) is 6.73. The molecule has 0 unspecified atom stereocenters. The van der Waals surface area contributed by atoms with Crippen molar-refractivity contribution in [1.29, 1.82) is 0 Å². The van der Waals surface area contributed by atoms with E-state index in [9.17, 15) is 9.59 Å². The predicted molar refractivity (Wildman–Crippen MR) is 76.5 cm³/mol. The summed E-state index contributed by atoms with van der Waals surface area (Å²) in [5.41, 5.74) is 3.75. The van der Waals surface area contributed by atoms with Gasteiger partial charge in [0.15, 0.2) is 0 Å². The van der Waals surface area contributed by atoms with E-state index in [2.05, 4.69) is 5.43 Å². The topological polar surface area (TPSA) is 58.6 Å². The zero-order chi connectivity index (χ0) is 15.0. The molecular formula is C15H22N2O3. The van der Waals surface area contributed by atoms with Gasteiger partial charge in [0.05, 0.1) is 6.42 Å². The Labute approximate surface area is 119 Å². The van der Waals surface area contributed by atoms with Crippen LogP contribution in [-0.2, 0) is 20.9 Å². The molecule has 1 rings (SSSR count). The summed E-state index contributed by atoms with van der Waals surface area (Å²) in [6, 6.07) is 9.51. The van der Waals surface area contributed by atoms with Crippen molar-refractivity contribution in [1.82, 2.24) is 10.4 Å². The molecule has 1 N–H and O–H groups in total. The number of nitrogens with one attached hydrogen (secondary N) is 1. The molecule has 0 bridgehead atoms. The lowest BCUT2D eigenvalue weighted by Crippen LogP contribution is -2.45. The van der Waals surface area contributed by atoms with Crippen LogP contribution in [0.1, 0.15) is 32.3 Å². The third-order valence-corrected chi connectivity index (χ3v) is 2.81. The van der Waals surface area contributed by atoms with E-state index in [1.807, 2.05) is 44.2 Å². The SMILES string of the molecule is CNN(C(=O)CCC(=O)OCc1ccccc1)C(C)C. The molecule has 1 amide bonds. The molecule has 5 heteroatoms. The summed E-state index contributed by atoms with van der Waals surface area (Å²) >= 11 is 0. The molecule has 0 aromatic heterocycles. The van der Waals surface area contributed by atoms with Crippen LogP contribution in [0.15, 0.2) is 30.3 Å². The van der Waals surface area contributed by atoms with E-state index in [0.717, 1.165) is 5.56 Å². The van der Waals surface area contributed by atoms with E-state index in [-0.39, 0.29) is 37.4 Å². The highest BCUT2D eigenvalue weighted by Gasteiger charge is 2.16. The van der Waals surface area contributed by atoms with E-state index in [1.165, 1.54) is 5.01 Å². The number of hydrazine groups is 1. The number of amides is 1. The van der Waals surface area contributed by atoms with Gasteiger partial charge in [-0.25, -0.2) is 5.43 Å². The maximum Gasteiger partial charge on any atom is 0.306 e. The number of benzene rings is 1. The summed E-state index contributed by atoms with van der Waals surface area (Å²) in [6.07, 6.45) is 0.239. The molecule has 0 atom stereocenters. The first-order chi connectivity index (χ1) is 9.54. The quantitative estimate of drug-likeness (QED) is 0.611. The van der Waals surface area contributed by atoms with Crippen molar-refractivity contribution in [2.75, 3.05) is 7.05 Å². The first-order valence-corrected chi connectivity index (χ1v) is 6.73. The lowest BCUT2D eigenvalue weighted by molar-refractivity contribution is -0.148. The summed E-state index contributed by atoms with van der Waals surface area (Å²) in [5.74, 6) is -0.471. The van der Waals surface area contributed by atoms with Crippen molar-refractivity contribution in [3.63, 3.8) is 0 Å². The highest BCUT2D eigenvalue weighted by molar-refractivity contribution is 5.81. The summed E-state index contributed by atoms with van der Waals surface area (Å²) in [7, 11) is 1.69. The fourth-order valence-electron chi connectivity index (χ4n) is 1.81. The second-order valence-electron chi connectivity index (χ2n) is 4.73. The lowest BCUT2D eigenvalue weighted by atomic mass is 10.2. The molecule has 0 aliphatic carbocycles. The second-order valence-corrected chi connectivity index (χ2v) is 4.73. The van der Waals surface area contributed by atoms with Gasteiger partial charge in [-0.2, -0.15) is 0 Å². The van der Waals surface area contributed by atoms with Crippen LogP contribution in [0, 0.1) is 0 Å². The first kappa shape index (κ1) is 16.2. The first-order valence-electron chi connectivity index (χ1n) is 6.73. The Balaban J connectivity index is 2.31. The molecule has 0 heterocycles. The number of esters is 1. The normalized spacial score (nSPS) is 10.4. The van der Waals surface area contributed by atoms with Crippen molar-refractivity contribution in [2.24, 2.45) is 0 Å². The van der Waals surface area contributed by atoms with Gasteiger partial charge in [-0.3, -0.25) is 14.6 Å². The molecule has 0 spiro atoms. The molecular weight excluding hydrogens is 256 g/mol. The standard InChI is InChI=1S/C15H22N2O3/c1-12(2)17(16-3)14(18)9-10-15(19)20-11-13-7-5-4-6-8-13/h4-8,12,16H,9-11H2,1-3H3. The van der Waals surface area contributed by atoms with E-state index < -0.39 is 0 Å². The molecule has 0 fully saturated rings. The highest BCUT2D eigenvalue weighted by atomic mass is 16.5. The second kappa shape index (κ2) is 8.32. The minimum atomic E-state index is -0.359. The smallest absolute Gasteiger partial charge is 0.306 e. The van der Waals surface area contributed by atoms with Gasteiger partial charge in [0.25, 0.3) is 0 Å². The van der Waals surface area contributed by atoms with Gasteiger partial charge in [-0.15, -0.1) is 0 Å². The molecule has 20 heavy (non-hydrogen) atoms. The van der Waals surface area contributed by atoms with Crippen LogP contribution in [0.3, 0.4) is 0 Å². The Morgan fingerprint density at radius 1 is 1.20 bits per heavy atom. The van der Waals surface area contributed by atoms with E-state index in [4.69, 9.17) is 4.74 Å². The minimum Gasteiger partial charge on any atom is -0.461 e. The Morgan fingerprint density at radius 3 is 2.40 bits per heavy atom. The van der Waals surface area contributed by atoms with Crippen LogP contribution in [0.25, 0.3) is 0 Å². The molecule has 110 valence electrons. The number of ether oxygens (including phenoxy) is 1. The summed E-state index contributed by atoms with van der Waals surface area (Å²) in [6.45, 7) is 4.05. The van der Waals surface area contributed by atoms with Crippen LogP contribution in [0.5, 0.6) is 0 Å². The van der Waals surface area contributed by atoms with Gasteiger partial charge in [0.2, 0.25) is 5.91 Å². The summed E-state index contributed by atoms with van der Waals surface area (Å²) < 4.78 is 5.12. The number of carbonyl (C=O) groups is 2.